The Hall–Kier alpha value is -3.95. The molecular formula is C99H180O10. The van der Waals surface area contributed by atoms with Crippen LogP contribution >= 0.6 is 0 Å². The first-order chi connectivity index (χ1) is 52.9. The van der Waals surface area contributed by atoms with Crippen LogP contribution in [0.2, 0.25) is 0 Å². The fourth-order valence-electron chi connectivity index (χ4n) is 16.5. The number of rotatable bonds is 87. The maximum absolute atomic E-state index is 12.6. The molecule has 636 valence electrons. The zero-order valence-corrected chi connectivity index (χ0v) is 73.4. The average molecular weight is 1530 g/mol. The second kappa shape index (κ2) is 78.0. The van der Waals surface area contributed by atoms with Crippen LogP contribution in [-0.4, -0.2) is 62.9 Å². The highest BCUT2D eigenvalue weighted by Crippen LogP contribution is 2.59. The zero-order chi connectivity index (χ0) is 80.0. The molecule has 0 N–H and O–H groups in total. The van der Waals surface area contributed by atoms with Gasteiger partial charge in [-0.2, -0.15) is 0 Å². The lowest BCUT2D eigenvalue weighted by Crippen LogP contribution is -2.43. The van der Waals surface area contributed by atoms with Crippen molar-refractivity contribution in [3.8, 4) is 0 Å². The molecule has 0 aromatic carbocycles. The van der Waals surface area contributed by atoms with Gasteiger partial charge in [-0.05, 0) is 116 Å². The molecule has 0 spiro atoms. The maximum atomic E-state index is 12.6. The van der Waals surface area contributed by atoms with Crippen molar-refractivity contribution in [3.05, 3.63) is 60.8 Å². The van der Waals surface area contributed by atoms with Crippen molar-refractivity contribution in [2.75, 3.05) is 33.0 Å². The van der Waals surface area contributed by atoms with Crippen LogP contribution in [0.5, 0.6) is 0 Å². The van der Waals surface area contributed by atoms with E-state index in [0.29, 0.717) is 71.7 Å². The lowest BCUT2D eigenvalue weighted by Gasteiger charge is -2.53. The standard InChI is InChI=1S/C99H180O10/c1-12-13-14-15-56-66-77-98(79-68-60-51-43-47-55-64-75-86-108-96(103)91(8)9,78-67-57-48-40-34-28-26-24-22-20-18-16-17-19-21-23-25-27-31-37-44-52-61-72-83-105-93(100)88(2)3)99(82-71-65-76-87-109-97(104)92(10)11,80-69-58-49-41-35-29-32-38-45-53-62-73-84-106-94(101)89(4)5)81-70-59-50-42-36-30-33-39-46-54-63-74-85-107-95(102)90(6)7/h2,4,6,8,10,12-87H2,1,3,5,7,9,11H3. The first-order valence-corrected chi connectivity index (χ1v) is 47.1. The second-order valence-electron chi connectivity index (χ2n) is 34.3. The van der Waals surface area contributed by atoms with Crippen molar-refractivity contribution in [2.45, 2.75) is 497 Å². The summed E-state index contributed by atoms with van der Waals surface area (Å²) < 4.78 is 27.0. The van der Waals surface area contributed by atoms with Gasteiger partial charge in [0.2, 0.25) is 0 Å². The molecule has 0 aromatic rings. The predicted molar refractivity (Wildman–Crippen MR) is 467 cm³/mol. The van der Waals surface area contributed by atoms with Crippen LogP contribution < -0.4 is 0 Å². The molecule has 109 heavy (non-hydrogen) atoms. The lowest BCUT2D eigenvalue weighted by molar-refractivity contribution is -0.139. The number of unbranched alkanes of at least 4 members (excludes halogenated alkanes) is 59. The minimum absolute atomic E-state index is 0.256. The van der Waals surface area contributed by atoms with E-state index in [4.69, 9.17) is 23.7 Å². The van der Waals surface area contributed by atoms with Gasteiger partial charge in [0.15, 0.2) is 0 Å². The van der Waals surface area contributed by atoms with Gasteiger partial charge in [-0.15, -0.1) is 0 Å². The van der Waals surface area contributed by atoms with Crippen LogP contribution in [0.25, 0.3) is 0 Å². The van der Waals surface area contributed by atoms with Crippen molar-refractivity contribution >= 4 is 29.8 Å². The van der Waals surface area contributed by atoms with E-state index < -0.39 is 0 Å². The quantitative estimate of drug-likeness (QED) is 0.0251. The monoisotopic (exact) mass is 1530 g/mol. The summed E-state index contributed by atoms with van der Waals surface area (Å²) in [5, 5.41) is 0. The van der Waals surface area contributed by atoms with Gasteiger partial charge in [-0.3, -0.25) is 0 Å². The molecule has 1 unspecified atom stereocenters. The van der Waals surface area contributed by atoms with Gasteiger partial charge >= 0.3 is 29.8 Å². The summed E-state index contributed by atoms with van der Waals surface area (Å²) in [6, 6.07) is 0. The van der Waals surface area contributed by atoms with Crippen molar-refractivity contribution in [1.29, 1.82) is 0 Å². The van der Waals surface area contributed by atoms with Crippen LogP contribution in [0.1, 0.15) is 497 Å². The van der Waals surface area contributed by atoms with Gasteiger partial charge in [0, 0.05) is 27.9 Å². The van der Waals surface area contributed by atoms with E-state index in [1.54, 1.807) is 34.6 Å². The number of carbonyl (C=O) groups is 5. The normalized spacial score (nSPS) is 12.1. The summed E-state index contributed by atoms with van der Waals surface area (Å²) in [4.78, 5) is 59.7. The molecule has 0 aliphatic heterocycles. The molecule has 0 heterocycles. The summed E-state index contributed by atoms with van der Waals surface area (Å²) >= 11 is 0. The largest absolute Gasteiger partial charge is 0.462 e. The van der Waals surface area contributed by atoms with Gasteiger partial charge in [0.05, 0.1) is 33.0 Å². The number of hydrogen-bond acceptors (Lipinski definition) is 10. The van der Waals surface area contributed by atoms with Gasteiger partial charge in [0.25, 0.3) is 0 Å². The highest BCUT2D eigenvalue weighted by Gasteiger charge is 2.48. The Morgan fingerprint density at radius 3 is 0.394 bits per heavy atom. The highest BCUT2D eigenvalue weighted by molar-refractivity contribution is 5.88. The molecule has 0 aromatic heterocycles. The summed E-state index contributed by atoms with van der Waals surface area (Å²) in [6.45, 7) is 32.2. The molecule has 1 atom stereocenters. The molecule has 0 amide bonds. The fourth-order valence-corrected chi connectivity index (χ4v) is 16.5. The van der Waals surface area contributed by atoms with Crippen molar-refractivity contribution < 1.29 is 47.7 Å². The smallest absolute Gasteiger partial charge is 0.333 e. The van der Waals surface area contributed by atoms with Gasteiger partial charge < -0.3 is 23.7 Å². The summed E-state index contributed by atoms with van der Waals surface area (Å²) in [5.74, 6) is -1.33. The number of carbonyl (C=O) groups excluding carboxylic acids is 5. The number of esters is 5. The van der Waals surface area contributed by atoms with Crippen molar-refractivity contribution in [1.82, 2.24) is 0 Å². The van der Waals surface area contributed by atoms with E-state index in [2.05, 4.69) is 39.8 Å². The summed E-state index contributed by atoms with van der Waals surface area (Å²) in [7, 11) is 0. The van der Waals surface area contributed by atoms with Gasteiger partial charge in [-0.25, -0.2) is 24.0 Å². The molecule has 10 heteroatoms. The molecule has 0 bridgehead atoms. The lowest BCUT2D eigenvalue weighted by atomic mass is 9.51. The third-order valence-electron chi connectivity index (χ3n) is 23.5. The Kier molecular flexibility index (Phi) is 75.1. The average Bonchev–Trinajstić information content (AvgIpc) is 0.768. The first kappa shape index (κ1) is 105. The number of ether oxygens (including phenoxy) is 5. The third kappa shape index (κ3) is 66.1. The molecule has 0 aliphatic carbocycles. The van der Waals surface area contributed by atoms with Crippen LogP contribution in [0, 0.1) is 10.8 Å². The van der Waals surface area contributed by atoms with E-state index in [-0.39, 0.29) is 29.8 Å². The Bertz CT molecular complexity index is 2170. The minimum Gasteiger partial charge on any atom is -0.462 e. The Labute approximate surface area is 675 Å². The Balaban J connectivity index is 6.30. The molecule has 0 rings (SSSR count). The van der Waals surface area contributed by atoms with Crippen LogP contribution in [-0.2, 0) is 47.7 Å². The maximum Gasteiger partial charge on any atom is 0.333 e. The first-order valence-electron chi connectivity index (χ1n) is 47.1. The molecule has 0 saturated heterocycles. The number of hydrogen-bond donors (Lipinski definition) is 0. The van der Waals surface area contributed by atoms with E-state index in [1.807, 2.05) is 0 Å². The van der Waals surface area contributed by atoms with Crippen LogP contribution in [0.15, 0.2) is 60.8 Å². The molecule has 0 fully saturated rings. The topological polar surface area (TPSA) is 132 Å². The molecular weight excluding hydrogens is 1350 g/mol. The molecule has 10 nitrogen and oxygen atoms in total. The Morgan fingerprint density at radius 2 is 0.275 bits per heavy atom. The fraction of sp³-hybridized carbons (Fsp3) is 0.848. The van der Waals surface area contributed by atoms with Crippen LogP contribution in [0.3, 0.4) is 0 Å². The molecule has 0 saturated carbocycles. The van der Waals surface area contributed by atoms with E-state index in [0.717, 1.165) is 64.2 Å². The van der Waals surface area contributed by atoms with E-state index >= 15 is 0 Å². The van der Waals surface area contributed by atoms with Gasteiger partial charge in [-0.1, -0.05) is 425 Å². The highest BCUT2D eigenvalue weighted by atomic mass is 16.5. The van der Waals surface area contributed by atoms with E-state index in [1.165, 1.54) is 392 Å². The van der Waals surface area contributed by atoms with E-state index in [9.17, 15) is 24.0 Å². The summed E-state index contributed by atoms with van der Waals surface area (Å²) in [5.41, 5.74) is 3.02. The molecule has 0 radical (unpaired) electrons. The second-order valence-corrected chi connectivity index (χ2v) is 34.3. The molecule has 0 aliphatic rings. The van der Waals surface area contributed by atoms with Crippen LogP contribution in [0.4, 0.5) is 0 Å². The zero-order valence-electron chi connectivity index (χ0n) is 73.4. The predicted octanol–water partition coefficient (Wildman–Crippen LogP) is 31.3. The van der Waals surface area contributed by atoms with Gasteiger partial charge in [0.1, 0.15) is 0 Å². The third-order valence-corrected chi connectivity index (χ3v) is 23.5. The van der Waals surface area contributed by atoms with Crippen molar-refractivity contribution in [2.24, 2.45) is 10.8 Å². The SMILES string of the molecule is C=C(C)C(=O)OCCCCCCCCCCCCCCCCCCCCCCCCCCC(CCCCCCCC)(CCCCCCCCCCOC(=O)C(=C)C)C(CCCCCCCCCCCCCCOC(=O)C(=C)C)(CCCCCCCCCCCCCCOC(=O)C(=C)C)CCCCCOC(=O)C(=C)C. The summed E-state index contributed by atoms with van der Waals surface area (Å²) in [6.07, 6.45) is 92.2. The van der Waals surface area contributed by atoms with Crippen molar-refractivity contribution in [3.63, 3.8) is 0 Å². The Morgan fingerprint density at radius 1 is 0.174 bits per heavy atom. The minimum atomic E-state index is -0.271.